The van der Waals surface area contributed by atoms with Gasteiger partial charge in [0.25, 0.3) is 0 Å². The lowest BCUT2D eigenvalue weighted by atomic mass is 10.0. The summed E-state index contributed by atoms with van der Waals surface area (Å²) in [4.78, 5) is 36.8. The maximum Gasteiger partial charge on any atom is 0.309 e. The molecule has 1 rings (SSSR count). The third-order valence-corrected chi connectivity index (χ3v) is 4.28. The number of hydrogen-bond donors (Lipinski definition) is 1. The maximum absolute atomic E-state index is 12.6. The fraction of sp³-hybridized carbons (Fsp3) is 0.458. The summed E-state index contributed by atoms with van der Waals surface area (Å²) in [7, 11) is 0. The Kier molecular flexibility index (Phi) is 11.9. The number of benzene rings is 1. The van der Waals surface area contributed by atoms with Crippen molar-refractivity contribution in [2.45, 2.75) is 45.6 Å². The first-order chi connectivity index (χ1) is 14.4. The maximum atomic E-state index is 12.6. The van der Waals surface area contributed by atoms with Crippen LogP contribution >= 0.6 is 0 Å². The molecule has 6 heteroatoms. The van der Waals surface area contributed by atoms with Gasteiger partial charge in [-0.25, -0.2) is 0 Å². The highest BCUT2D eigenvalue weighted by Gasteiger charge is 2.25. The number of allylic oxidation sites excluding steroid dienone is 2. The molecule has 0 radical (unpaired) electrons. The summed E-state index contributed by atoms with van der Waals surface area (Å²) in [5.41, 5.74) is 0.828. The second-order valence-corrected chi connectivity index (χ2v) is 7.49. The molecule has 0 aliphatic heterocycles. The van der Waals surface area contributed by atoms with Crippen molar-refractivity contribution in [2.24, 2.45) is 11.8 Å². The molecular formula is C24H33NO5. The van der Waals surface area contributed by atoms with Gasteiger partial charge in [0.2, 0.25) is 5.91 Å². The van der Waals surface area contributed by atoms with Crippen molar-refractivity contribution in [3.63, 3.8) is 0 Å². The number of hydrogen-bond acceptors (Lipinski definition) is 5. The van der Waals surface area contributed by atoms with Crippen molar-refractivity contribution in [1.82, 2.24) is 5.32 Å². The second kappa shape index (κ2) is 14.1. The Morgan fingerprint density at radius 2 is 1.73 bits per heavy atom. The lowest BCUT2D eigenvalue weighted by Gasteiger charge is -2.21. The Morgan fingerprint density at radius 1 is 1.03 bits per heavy atom. The number of nitrogens with one attached hydrogen (secondary N) is 1. The molecule has 0 saturated carbocycles. The third-order valence-electron chi connectivity index (χ3n) is 4.28. The molecule has 0 aromatic heterocycles. The number of carbonyl (C=O) groups is 3. The third kappa shape index (κ3) is 10.0. The van der Waals surface area contributed by atoms with Gasteiger partial charge in [0, 0.05) is 6.42 Å². The van der Waals surface area contributed by atoms with Crippen LogP contribution in [-0.2, 0) is 23.9 Å². The van der Waals surface area contributed by atoms with E-state index in [1.165, 1.54) is 0 Å². The molecule has 1 aromatic carbocycles. The van der Waals surface area contributed by atoms with Crippen LogP contribution in [0.25, 0.3) is 0 Å². The van der Waals surface area contributed by atoms with Gasteiger partial charge < -0.3 is 14.8 Å². The van der Waals surface area contributed by atoms with E-state index in [9.17, 15) is 14.4 Å². The molecule has 1 amide bonds. The highest BCUT2D eigenvalue weighted by Crippen LogP contribution is 2.17. The van der Waals surface area contributed by atoms with Crippen molar-refractivity contribution < 1.29 is 23.9 Å². The van der Waals surface area contributed by atoms with Crippen molar-refractivity contribution in [2.75, 3.05) is 13.2 Å². The zero-order chi connectivity index (χ0) is 22.4. The summed E-state index contributed by atoms with van der Waals surface area (Å²) < 4.78 is 10.6. The number of rotatable bonds is 14. The number of ether oxygens (including phenoxy) is 2. The van der Waals surface area contributed by atoms with Gasteiger partial charge in [0.05, 0.1) is 25.0 Å². The summed E-state index contributed by atoms with van der Waals surface area (Å²) in [6.07, 6.45) is 4.36. The van der Waals surface area contributed by atoms with Gasteiger partial charge >= 0.3 is 11.9 Å². The van der Waals surface area contributed by atoms with Crippen molar-refractivity contribution in [3.8, 4) is 0 Å². The Morgan fingerprint density at radius 3 is 2.33 bits per heavy atom. The zero-order valence-electron chi connectivity index (χ0n) is 18.0. The molecule has 0 saturated heterocycles. The molecular weight excluding hydrogens is 382 g/mol. The minimum Gasteiger partial charge on any atom is -0.465 e. The molecule has 30 heavy (non-hydrogen) atoms. The molecule has 0 aliphatic rings. The van der Waals surface area contributed by atoms with E-state index in [2.05, 4.69) is 18.5 Å². The van der Waals surface area contributed by atoms with E-state index >= 15 is 0 Å². The first kappa shape index (κ1) is 25.1. The Bertz CT molecular complexity index is 699. The molecule has 0 spiro atoms. The summed E-state index contributed by atoms with van der Waals surface area (Å²) in [5, 5.41) is 2.89. The van der Waals surface area contributed by atoms with Crippen molar-refractivity contribution in [1.29, 1.82) is 0 Å². The molecule has 1 unspecified atom stereocenters. The highest BCUT2D eigenvalue weighted by atomic mass is 16.5. The van der Waals surface area contributed by atoms with Crippen LogP contribution in [0.1, 0.15) is 51.1 Å². The van der Waals surface area contributed by atoms with E-state index in [0.29, 0.717) is 25.9 Å². The number of carbonyl (C=O) groups excluding carboxylic acids is 3. The van der Waals surface area contributed by atoms with Gasteiger partial charge in [0.1, 0.15) is 6.61 Å². The second-order valence-electron chi connectivity index (χ2n) is 7.49. The average Bonchev–Trinajstić information content (AvgIpc) is 2.73. The molecule has 0 bridgehead atoms. The monoisotopic (exact) mass is 415 g/mol. The SMILES string of the molecule is C=CCCC(=O)N[C@@H](COC(=O)C(CC=C)CC(=O)OCC(C)C)c1ccccc1. The molecule has 0 aliphatic carbocycles. The van der Waals surface area contributed by atoms with E-state index in [4.69, 9.17) is 9.47 Å². The van der Waals surface area contributed by atoms with Gasteiger partial charge in [-0.1, -0.05) is 56.3 Å². The van der Waals surface area contributed by atoms with Gasteiger partial charge in [-0.3, -0.25) is 14.4 Å². The lowest BCUT2D eigenvalue weighted by molar-refractivity contribution is -0.156. The van der Waals surface area contributed by atoms with E-state index in [1.807, 2.05) is 44.2 Å². The Balaban J connectivity index is 2.74. The molecule has 2 atom stereocenters. The molecule has 1 aromatic rings. The van der Waals surface area contributed by atoms with E-state index in [-0.39, 0.29) is 24.9 Å². The summed E-state index contributed by atoms with van der Waals surface area (Å²) in [6, 6.07) is 8.81. The van der Waals surface area contributed by atoms with Crippen LogP contribution in [-0.4, -0.2) is 31.1 Å². The smallest absolute Gasteiger partial charge is 0.309 e. The molecule has 164 valence electrons. The average molecular weight is 416 g/mol. The first-order valence-corrected chi connectivity index (χ1v) is 10.3. The topological polar surface area (TPSA) is 81.7 Å². The molecule has 1 N–H and O–H groups in total. The fourth-order valence-corrected chi connectivity index (χ4v) is 2.67. The van der Waals surface area contributed by atoms with Gasteiger partial charge in [-0.05, 0) is 24.3 Å². The predicted octanol–water partition coefficient (Wildman–Crippen LogP) is 4.13. The van der Waals surface area contributed by atoms with Gasteiger partial charge in [-0.2, -0.15) is 0 Å². The summed E-state index contributed by atoms with van der Waals surface area (Å²) in [5.74, 6) is -1.56. The zero-order valence-corrected chi connectivity index (χ0v) is 18.0. The van der Waals surface area contributed by atoms with E-state index in [1.54, 1.807) is 12.2 Å². The first-order valence-electron chi connectivity index (χ1n) is 10.3. The fourth-order valence-electron chi connectivity index (χ4n) is 2.67. The van der Waals surface area contributed by atoms with E-state index in [0.717, 1.165) is 5.56 Å². The highest BCUT2D eigenvalue weighted by molar-refractivity contribution is 5.80. The lowest BCUT2D eigenvalue weighted by Crippen LogP contribution is -2.33. The van der Waals surface area contributed by atoms with Crippen LogP contribution in [0, 0.1) is 11.8 Å². The minimum atomic E-state index is -0.671. The Hall–Kier alpha value is -2.89. The number of esters is 2. The van der Waals surface area contributed by atoms with Gasteiger partial charge in [0.15, 0.2) is 0 Å². The molecule has 6 nitrogen and oxygen atoms in total. The van der Waals surface area contributed by atoms with Crippen LogP contribution < -0.4 is 5.32 Å². The van der Waals surface area contributed by atoms with Crippen molar-refractivity contribution >= 4 is 17.8 Å². The van der Waals surface area contributed by atoms with Crippen LogP contribution in [0.15, 0.2) is 55.6 Å². The van der Waals surface area contributed by atoms with Crippen LogP contribution in [0.5, 0.6) is 0 Å². The molecule has 0 fully saturated rings. The number of amides is 1. The Labute approximate surface area is 179 Å². The van der Waals surface area contributed by atoms with E-state index < -0.39 is 23.9 Å². The van der Waals surface area contributed by atoms with Gasteiger partial charge in [-0.15, -0.1) is 13.2 Å². The van der Waals surface area contributed by atoms with Crippen LogP contribution in [0.2, 0.25) is 0 Å². The normalized spacial score (nSPS) is 12.5. The van der Waals surface area contributed by atoms with Crippen LogP contribution in [0.3, 0.4) is 0 Å². The minimum absolute atomic E-state index is 0.0304. The summed E-state index contributed by atoms with van der Waals surface area (Å²) in [6.45, 7) is 11.4. The van der Waals surface area contributed by atoms with Crippen molar-refractivity contribution in [3.05, 3.63) is 61.2 Å². The quantitative estimate of drug-likeness (QED) is 0.365. The molecule has 0 heterocycles. The summed E-state index contributed by atoms with van der Waals surface area (Å²) >= 11 is 0. The predicted molar refractivity (Wildman–Crippen MR) is 116 cm³/mol. The largest absolute Gasteiger partial charge is 0.465 e. The standard InChI is InChI=1S/C24H33NO5/c1-5-7-14-22(26)25-21(19-12-9-8-10-13-19)17-30-24(28)20(11-6-2)15-23(27)29-16-18(3)4/h5-6,8-10,12-13,18,20-21H,1-2,7,11,14-17H2,3-4H3,(H,25,26)/t20?,21-/m0/s1. The van der Waals surface area contributed by atoms with Crippen LogP contribution in [0.4, 0.5) is 0 Å².